The number of rotatable bonds is 8. The van der Waals surface area contributed by atoms with Crippen molar-refractivity contribution in [2.24, 2.45) is 11.8 Å². The predicted octanol–water partition coefficient (Wildman–Crippen LogP) is 7.83. The van der Waals surface area contributed by atoms with Crippen molar-refractivity contribution in [3.8, 4) is 22.9 Å². The molecule has 0 saturated carbocycles. The molecule has 4 aromatic rings. The van der Waals surface area contributed by atoms with E-state index in [1.165, 1.54) is 12.1 Å². The third kappa shape index (κ3) is 8.71. The molecule has 1 amide bonds. The number of aryl methyl sites for hydroxylation is 2. The first kappa shape index (κ1) is 37.2. The van der Waals surface area contributed by atoms with Gasteiger partial charge in [0.05, 0.1) is 35.7 Å². The Morgan fingerprint density at radius 2 is 1.71 bits per heavy atom. The van der Waals surface area contributed by atoms with Gasteiger partial charge in [-0.1, -0.05) is 51.0 Å². The molecule has 0 radical (unpaired) electrons. The number of carbonyl (C=O) groups is 1. The maximum Gasteiger partial charge on any atom is 0.264 e. The fraction of sp³-hybridized carbons (Fsp3) is 0.475. The molecule has 2 aliphatic rings. The molecule has 0 aliphatic carbocycles. The molecule has 52 heavy (non-hydrogen) atoms. The smallest absolute Gasteiger partial charge is 0.264 e. The summed E-state index contributed by atoms with van der Waals surface area (Å²) in [5, 5.41) is 0. The van der Waals surface area contributed by atoms with Crippen LogP contribution in [0.1, 0.15) is 95.0 Å². The number of ether oxygens (including phenoxy) is 2. The van der Waals surface area contributed by atoms with Gasteiger partial charge in [0.15, 0.2) is 5.75 Å². The summed E-state index contributed by atoms with van der Waals surface area (Å²) in [5.41, 5.74) is 3.75. The monoisotopic (exact) mass is 728 g/mol. The summed E-state index contributed by atoms with van der Waals surface area (Å²) in [4.78, 5) is 35.2. The van der Waals surface area contributed by atoms with Gasteiger partial charge in [0.2, 0.25) is 11.8 Å². The number of amides is 1. The number of nitrogens with one attached hydrogen (secondary N) is 1. The van der Waals surface area contributed by atoms with E-state index in [4.69, 9.17) is 9.47 Å². The van der Waals surface area contributed by atoms with E-state index in [1.54, 1.807) is 30.6 Å². The highest BCUT2D eigenvalue weighted by atomic mass is 32.2. The largest absolute Gasteiger partial charge is 0.488 e. The van der Waals surface area contributed by atoms with Crippen LogP contribution in [0.2, 0.25) is 0 Å². The molecule has 4 bridgehead atoms. The number of hydrogen-bond acceptors (Lipinski definition) is 9. The van der Waals surface area contributed by atoms with Crippen LogP contribution in [-0.4, -0.2) is 64.0 Å². The molecule has 12 heteroatoms. The minimum absolute atomic E-state index is 0. The van der Waals surface area contributed by atoms with Gasteiger partial charge < -0.3 is 14.4 Å². The first-order valence-corrected chi connectivity index (χ1v) is 19.9. The molecular formula is C40H52N6O5S. The highest BCUT2D eigenvalue weighted by molar-refractivity contribution is 7.92. The number of carbonyl (C=O) groups excluding carboxylic acids is 1. The second-order valence-corrected chi connectivity index (χ2v) is 16.4. The Morgan fingerprint density at radius 1 is 0.981 bits per heavy atom. The normalized spacial score (nSPS) is 20.3. The Bertz CT molecular complexity index is 1970. The summed E-state index contributed by atoms with van der Waals surface area (Å²) in [5.74, 6) is 1.89. The van der Waals surface area contributed by atoms with Gasteiger partial charge in [-0.3, -0.25) is 4.79 Å². The van der Waals surface area contributed by atoms with Gasteiger partial charge in [-0.05, 0) is 88.1 Å². The molecular weight excluding hydrogens is 677 g/mol. The zero-order valence-electron chi connectivity index (χ0n) is 31.0. The van der Waals surface area contributed by atoms with Crippen molar-refractivity contribution < 1.29 is 24.1 Å². The Morgan fingerprint density at radius 3 is 2.42 bits per heavy atom. The Balaban J connectivity index is 0.00000541. The molecule has 3 atom stereocenters. The standard InChI is InChI=1S/C40H50N6O5S.H2/c1-25(2)16-17-29-12-8-14-31(21-36-41-23-32(24-42-36)51-26(3)4)46-35(29)18-19-50-37-22-34(38-27(5)10-7-11-28(38)6)43-40(44-37)45-52(48,49)33-15-9-13-30(20-33)39(46)47;/h7,9-11,13,15,20,22-26,29,31,35H,8,12,14,16-19,21H2,1-6H3,(H,43,44,45);1H. The fourth-order valence-electron chi connectivity index (χ4n) is 7.51. The number of fused-ring (bicyclic) bond motifs is 5. The number of benzene rings is 2. The van der Waals surface area contributed by atoms with Gasteiger partial charge in [-0.2, -0.15) is 4.98 Å². The van der Waals surface area contributed by atoms with E-state index in [0.29, 0.717) is 41.6 Å². The average molecular weight is 729 g/mol. The van der Waals surface area contributed by atoms with Crippen LogP contribution in [0.15, 0.2) is 65.8 Å². The van der Waals surface area contributed by atoms with Crippen molar-refractivity contribution in [2.45, 2.75) is 110 Å². The topological polar surface area (TPSA) is 136 Å². The van der Waals surface area contributed by atoms with Gasteiger partial charge in [0.1, 0.15) is 5.82 Å². The van der Waals surface area contributed by atoms with Crippen LogP contribution >= 0.6 is 0 Å². The summed E-state index contributed by atoms with van der Waals surface area (Å²) < 4.78 is 42.5. The lowest BCUT2D eigenvalue weighted by molar-refractivity contribution is 0.0444. The lowest BCUT2D eigenvalue weighted by Gasteiger charge is -2.40. The van der Waals surface area contributed by atoms with E-state index in [0.717, 1.165) is 48.8 Å². The second-order valence-electron chi connectivity index (χ2n) is 14.8. The van der Waals surface area contributed by atoms with Gasteiger partial charge in [0.25, 0.3) is 15.9 Å². The minimum atomic E-state index is -4.18. The minimum Gasteiger partial charge on any atom is -0.488 e. The Kier molecular flexibility index (Phi) is 11.4. The van der Waals surface area contributed by atoms with Crippen molar-refractivity contribution >= 4 is 21.9 Å². The first-order chi connectivity index (χ1) is 24.9. The summed E-state index contributed by atoms with van der Waals surface area (Å²) in [7, 11) is -4.18. The van der Waals surface area contributed by atoms with E-state index in [-0.39, 0.29) is 54.8 Å². The molecule has 2 aromatic heterocycles. The van der Waals surface area contributed by atoms with Crippen molar-refractivity contribution in [3.05, 3.63) is 83.4 Å². The maximum absolute atomic E-state index is 14.8. The van der Waals surface area contributed by atoms with Crippen molar-refractivity contribution in [3.63, 3.8) is 0 Å². The SMILES string of the molecule is Cc1cccc(C)c1-c1cc2nc(n1)NS(=O)(=O)c1cccc(c1)C(=O)N1C(Cc3ncc(OC(C)C)cn3)CCCC(CCC(C)C)C1CCO2.[HH]. The molecule has 3 unspecified atom stereocenters. The van der Waals surface area contributed by atoms with Crippen LogP contribution in [0.5, 0.6) is 11.6 Å². The maximum atomic E-state index is 14.8. The lowest BCUT2D eigenvalue weighted by atomic mass is 9.86. The van der Waals surface area contributed by atoms with Crippen LogP contribution in [0, 0.1) is 25.7 Å². The second kappa shape index (κ2) is 16.0. The van der Waals surface area contributed by atoms with Crippen LogP contribution in [0.3, 0.4) is 0 Å². The zero-order chi connectivity index (χ0) is 37.0. The van der Waals surface area contributed by atoms with E-state index >= 15 is 0 Å². The summed E-state index contributed by atoms with van der Waals surface area (Å²) in [6.07, 6.45) is 9.05. The lowest BCUT2D eigenvalue weighted by Crippen LogP contribution is -2.50. The third-order valence-electron chi connectivity index (χ3n) is 9.95. The fourth-order valence-corrected chi connectivity index (χ4v) is 8.50. The summed E-state index contributed by atoms with van der Waals surface area (Å²) in [6.45, 7) is 12.6. The van der Waals surface area contributed by atoms with Crippen molar-refractivity contribution in [1.29, 1.82) is 0 Å². The summed E-state index contributed by atoms with van der Waals surface area (Å²) >= 11 is 0. The van der Waals surface area contributed by atoms with Gasteiger partial charge in [-0.15, -0.1) is 0 Å². The number of anilines is 1. The van der Waals surface area contributed by atoms with E-state index < -0.39 is 10.0 Å². The number of hydrogen-bond donors (Lipinski definition) is 1. The molecule has 1 fully saturated rings. The highest BCUT2D eigenvalue weighted by Gasteiger charge is 2.39. The third-order valence-corrected chi connectivity index (χ3v) is 11.3. The van der Waals surface area contributed by atoms with E-state index in [2.05, 4.69) is 38.5 Å². The first-order valence-electron chi connectivity index (χ1n) is 18.4. The molecule has 1 N–H and O–H groups in total. The molecule has 2 aliphatic heterocycles. The van der Waals surface area contributed by atoms with E-state index in [9.17, 15) is 13.2 Å². The molecule has 0 spiro atoms. The Hall–Kier alpha value is -4.58. The van der Waals surface area contributed by atoms with E-state index in [1.807, 2.05) is 50.8 Å². The molecule has 6 rings (SSSR count). The predicted molar refractivity (Wildman–Crippen MR) is 203 cm³/mol. The van der Waals surface area contributed by atoms with Crippen LogP contribution in [0.25, 0.3) is 11.3 Å². The number of nitrogens with zero attached hydrogens (tertiary/aromatic N) is 5. The average Bonchev–Trinajstić information content (AvgIpc) is 3.25. The molecule has 1 saturated heterocycles. The van der Waals surface area contributed by atoms with Crippen LogP contribution < -0.4 is 14.2 Å². The van der Waals surface area contributed by atoms with Gasteiger partial charge >= 0.3 is 0 Å². The number of aromatic nitrogens is 4. The molecule has 278 valence electrons. The zero-order valence-corrected chi connectivity index (χ0v) is 31.8. The summed E-state index contributed by atoms with van der Waals surface area (Å²) in [6, 6.07) is 13.6. The molecule has 11 nitrogen and oxygen atoms in total. The van der Waals surface area contributed by atoms with Gasteiger partial charge in [0, 0.05) is 43.5 Å². The quantitative estimate of drug-likeness (QED) is 0.193. The van der Waals surface area contributed by atoms with Crippen LogP contribution in [-0.2, 0) is 16.4 Å². The number of sulfonamides is 1. The van der Waals surface area contributed by atoms with Gasteiger partial charge in [-0.25, -0.2) is 28.1 Å². The Labute approximate surface area is 309 Å². The van der Waals surface area contributed by atoms with Crippen molar-refractivity contribution in [1.82, 2.24) is 24.8 Å². The molecule has 4 heterocycles. The molecule has 2 aromatic carbocycles. The highest BCUT2D eigenvalue weighted by Crippen LogP contribution is 2.36. The van der Waals surface area contributed by atoms with Crippen molar-refractivity contribution in [2.75, 3.05) is 11.3 Å². The van der Waals surface area contributed by atoms with Crippen LogP contribution in [0.4, 0.5) is 5.95 Å².